The van der Waals surface area contributed by atoms with Gasteiger partial charge in [-0.2, -0.15) is 5.10 Å². The molecule has 0 aliphatic heterocycles. The maximum atomic E-state index is 4.63. The fourth-order valence-electron chi connectivity index (χ4n) is 3.91. The zero-order valence-electron chi connectivity index (χ0n) is 16.4. The monoisotopic (exact) mass is 398 g/mol. The van der Waals surface area contributed by atoms with E-state index < -0.39 is 0 Å². The molecule has 0 spiro atoms. The Balaban J connectivity index is 1.41. The van der Waals surface area contributed by atoms with Gasteiger partial charge in [-0.25, -0.2) is 9.97 Å². The summed E-state index contributed by atoms with van der Waals surface area (Å²) in [4.78, 5) is 11.5. The summed E-state index contributed by atoms with van der Waals surface area (Å²) in [5.74, 6) is 0.814. The van der Waals surface area contributed by atoms with Crippen LogP contribution in [-0.2, 0) is 12.8 Å². The first-order chi connectivity index (χ1) is 14.3. The van der Waals surface area contributed by atoms with Gasteiger partial charge in [-0.1, -0.05) is 54.6 Å². The molecule has 0 unspecified atom stereocenters. The Kier molecular flexibility index (Phi) is 4.82. The highest BCUT2D eigenvalue weighted by Crippen LogP contribution is 2.38. The smallest absolute Gasteiger partial charge is 0.158 e. The summed E-state index contributed by atoms with van der Waals surface area (Å²) in [5, 5.41) is 5.78. The van der Waals surface area contributed by atoms with Crippen LogP contribution < -0.4 is 5.43 Å². The van der Waals surface area contributed by atoms with E-state index in [1.807, 2.05) is 13.0 Å². The number of rotatable bonds is 4. The minimum atomic E-state index is 0.814. The predicted octanol–water partition coefficient (Wildman–Crippen LogP) is 6.07. The van der Waals surface area contributed by atoms with Crippen LogP contribution in [0.1, 0.15) is 35.8 Å². The number of fused-ring (bicyclic) bond motifs is 3. The third-order valence-electron chi connectivity index (χ3n) is 5.49. The van der Waals surface area contributed by atoms with Crippen molar-refractivity contribution in [1.29, 1.82) is 0 Å². The average molecular weight is 399 g/mol. The van der Waals surface area contributed by atoms with Crippen LogP contribution in [0.15, 0.2) is 66.0 Å². The number of benzene rings is 2. The second-order valence-electron chi connectivity index (χ2n) is 7.37. The molecule has 0 saturated carbocycles. The van der Waals surface area contributed by atoms with E-state index in [1.54, 1.807) is 17.7 Å². The standard InChI is InChI=1S/C24H22N4S/c1-16(17-11-13-19(14-12-17)18-7-3-2-4-8-18)27-28-23-22-20-9-5-6-10-21(20)29-24(22)26-15-25-23/h2-4,7-8,11-15H,5-6,9-10H2,1H3,(H,25,26,28)/b27-16+. The van der Waals surface area contributed by atoms with Crippen molar-refractivity contribution in [3.8, 4) is 11.1 Å². The van der Waals surface area contributed by atoms with Crippen molar-refractivity contribution >= 4 is 33.1 Å². The number of hydrazone groups is 1. The molecule has 1 N–H and O–H groups in total. The Morgan fingerprint density at radius 2 is 1.69 bits per heavy atom. The Morgan fingerprint density at radius 3 is 2.52 bits per heavy atom. The van der Waals surface area contributed by atoms with E-state index in [4.69, 9.17) is 0 Å². The third-order valence-corrected chi connectivity index (χ3v) is 6.69. The van der Waals surface area contributed by atoms with Crippen LogP contribution in [0.3, 0.4) is 0 Å². The lowest BCUT2D eigenvalue weighted by Gasteiger charge is -2.11. The third kappa shape index (κ3) is 3.54. The average Bonchev–Trinajstić information content (AvgIpc) is 3.17. The molecule has 1 aliphatic rings. The van der Waals surface area contributed by atoms with Gasteiger partial charge in [-0.05, 0) is 54.9 Å². The summed E-state index contributed by atoms with van der Waals surface area (Å²) < 4.78 is 0. The lowest BCUT2D eigenvalue weighted by molar-refractivity contribution is 0.700. The fourth-order valence-corrected chi connectivity index (χ4v) is 5.14. The zero-order chi connectivity index (χ0) is 19.6. The van der Waals surface area contributed by atoms with E-state index in [1.165, 1.54) is 34.4 Å². The summed E-state index contributed by atoms with van der Waals surface area (Å²) in [7, 11) is 0. The molecule has 2 aromatic heterocycles. The lowest BCUT2D eigenvalue weighted by atomic mass is 9.97. The van der Waals surface area contributed by atoms with Crippen molar-refractivity contribution in [2.45, 2.75) is 32.6 Å². The first kappa shape index (κ1) is 18.0. The molecule has 2 aromatic carbocycles. The number of aromatic nitrogens is 2. The van der Waals surface area contributed by atoms with Gasteiger partial charge < -0.3 is 0 Å². The molecule has 0 saturated heterocycles. The summed E-state index contributed by atoms with van der Waals surface area (Å²) in [6, 6.07) is 18.9. The minimum Gasteiger partial charge on any atom is -0.260 e. The number of nitrogens with zero attached hydrogens (tertiary/aromatic N) is 3. The second kappa shape index (κ2) is 7.76. The Morgan fingerprint density at radius 1 is 0.931 bits per heavy atom. The van der Waals surface area contributed by atoms with Gasteiger partial charge >= 0.3 is 0 Å². The molecule has 5 rings (SSSR count). The molecule has 0 fully saturated rings. The number of thiophene rings is 1. The lowest BCUT2D eigenvalue weighted by Crippen LogP contribution is -2.03. The normalized spacial score (nSPS) is 14.0. The topological polar surface area (TPSA) is 50.2 Å². The van der Waals surface area contributed by atoms with Gasteiger partial charge in [0.1, 0.15) is 11.2 Å². The largest absolute Gasteiger partial charge is 0.260 e. The van der Waals surface area contributed by atoms with Crippen LogP contribution in [-0.4, -0.2) is 15.7 Å². The molecule has 144 valence electrons. The van der Waals surface area contributed by atoms with Gasteiger partial charge in [-0.15, -0.1) is 11.3 Å². The Bertz CT molecular complexity index is 1180. The summed E-state index contributed by atoms with van der Waals surface area (Å²) in [6.45, 7) is 2.02. The first-order valence-corrected chi connectivity index (χ1v) is 10.8. The number of hydrogen-bond acceptors (Lipinski definition) is 5. The van der Waals surface area contributed by atoms with E-state index >= 15 is 0 Å². The molecule has 5 heteroatoms. The number of aryl methyl sites for hydroxylation is 2. The Labute approximate surface area is 174 Å². The van der Waals surface area contributed by atoms with E-state index in [-0.39, 0.29) is 0 Å². The highest BCUT2D eigenvalue weighted by Gasteiger charge is 2.19. The number of nitrogens with one attached hydrogen (secondary N) is 1. The second-order valence-corrected chi connectivity index (χ2v) is 8.45. The molecular weight excluding hydrogens is 376 g/mol. The molecule has 4 aromatic rings. The Hall–Kier alpha value is -3.05. The maximum Gasteiger partial charge on any atom is 0.158 e. The first-order valence-electron chi connectivity index (χ1n) is 10.0. The van der Waals surface area contributed by atoms with Crippen LogP contribution in [0, 0.1) is 0 Å². The quantitative estimate of drug-likeness (QED) is 0.335. The summed E-state index contributed by atoms with van der Waals surface area (Å²) >= 11 is 1.80. The van der Waals surface area contributed by atoms with Crippen molar-refractivity contribution in [2.24, 2.45) is 5.10 Å². The van der Waals surface area contributed by atoms with Gasteiger partial charge in [-0.3, -0.25) is 5.43 Å². The molecule has 0 atom stereocenters. The molecule has 1 aliphatic carbocycles. The highest BCUT2D eigenvalue weighted by atomic mass is 32.1. The van der Waals surface area contributed by atoms with Crippen molar-refractivity contribution in [1.82, 2.24) is 9.97 Å². The molecule has 0 radical (unpaired) electrons. The minimum absolute atomic E-state index is 0.814. The molecular formula is C24H22N4S. The van der Waals surface area contributed by atoms with E-state index in [9.17, 15) is 0 Å². The van der Waals surface area contributed by atoms with Crippen LogP contribution in [0.2, 0.25) is 0 Å². The van der Waals surface area contributed by atoms with Gasteiger partial charge in [0.05, 0.1) is 11.1 Å². The number of anilines is 1. The SMILES string of the molecule is C/C(=N\Nc1ncnc2sc3c(c12)CCCC3)c1ccc(-c2ccccc2)cc1. The van der Waals surface area contributed by atoms with Gasteiger partial charge in [0.25, 0.3) is 0 Å². The van der Waals surface area contributed by atoms with E-state index in [0.29, 0.717) is 0 Å². The van der Waals surface area contributed by atoms with Gasteiger partial charge in [0, 0.05) is 4.88 Å². The fraction of sp³-hybridized carbons (Fsp3) is 0.208. The van der Waals surface area contributed by atoms with Crippen molar-refractivity contribution in [3.63, 3.8) is 0 Å². The van der Waals surface area contributed by atoms with E-state index in [0.717, 1.165) is 40.2 Å². The molecule has 4 nitrogen and oxygen atoms in total. The summed E-state index contributed by atoms with van der Waals surface area (Å²) in [5.41, 5.74) is 9.08. The van der Waals surface area contributed by atoms with Crippen LogP contribution in [0.5, 0.6) is 0 Å². The zero-order valence-corrected chi connectivity index (χ0v) is 17.2. The molecule has 0 amide bonds. The predicted molar refractivity (Wildman–Crippen MR) is 122 cm³/mol. The summed E-state index contributed by atoms with van der Waals surface area (Å²) in [6.07, 6.45) is 6.41. The molecule has 2 heterocycles. The van der Waals surface area contributed by atoms with Crippen LogP contribution in [0.25, 0.3) is 21.3 Å². The maximum absolute atomic E-state index is 4.63. The van der Waals surface area contributed by atoms with E-state index in [2.05, 4.69) is 69.0 Å². The number of hydrogen-bond donors (Lipinski definition) is 1. The van der Waals surface area contributed by atoms with Crippen LogP contribution >= 0.6 is 11.3 Å². The molecule has 0 bridgehead atoms. The molecule has 29 heavy (non-hydrogen) atoms. The van der Waals surface area contributed by atoms with Gasteiger partial charge in [0.15, 0.2) is 5.82 Å². The highest BCUT2D eigenvalue weighted by molar-refractivity contribution is 7.19. The van der Waals surface area contributed by atoms with Crippen LogP contribution in [0.4, 0.5) is 5.82 Å². The van der Waals surface area contributed by atoms with Gasteiger partial charge in [0.2, 0.25) is 0 Å². The van der Waals surface area contributed by atoms with Crippen molar-refractivity contribution < 1.29 is 0 Å². The van der Waals surface area contributed by atoms with Crippen molar-refractivity contribution in [3.05, 3.63) is 76.9 Å². The van der Waals surface area contributed by atoms with Crippen molar-refractivity contribution in [2.75, 3.05) is 5.43 Å².